The third kappa shape index (κ3) is 2.47. The number of aromatic nitrogens is 4. The van der Waals surface area contributed by atoms with Crippen LogP contribution in [0, 0.1) is 0 Å². The lowest BCUT2D eigenvalue weighted by Crippen LogP contribution is -2.38. The summed E-state index contributed by atoms with van der Waals surface area (Å²) in [6.45, 7) is 1.67. The molecule has 1 aliphatic rings. The summed E-state index contributed by atoms with van der Waals surface area (Å²) in [4.78, 5) is 23.9. The van der Waals surface area contributed by atoms with Crippen molar-refractivity contribution in [3.8, 4) is 5.82 Å². The van der Waals surface area contributed by atoms with Crippen LogP contribution in [0.25, 0.3) is 5.82 Å². The molecule has 1 atom stereocenters. The minimum atomic E-state index is -0.640. The molecule has 3 rings (SSSR count). The molecule has 0 aliphatic heterocycles. The first-order chi connectivity index (χ1) is 9.65. The number of carbonyl (C=O) groups is 1. The molecule has 2 aromatic heterocycles. The highest BCUT2D eigenvalue weighted by molar-refractivity contribution is 5.80. The molecule has 0 spiro atoms. The Morgan fingerprint density at radius 2 is 2.25 bits per heavy atom. The molecular weight excluding hydrogens is 258 g/mol. The molecule has 0 radical (unpaired) electrons. The first-order valence-electron chi connectivity index (χ1n) is 6.55. The molecule has 7 nitrogen and oxygen atoms in total. The standard InChI is InChI=1S/C13H15N5O2/c1-9(13(20)15-10-3-4-10)18-12(19)6-5-11(16-18)17-8-2-7-14-17/h2,5-10H,3-4H2,1H3,(H,15,20). The number of nitrogens with zero attached hydrogens (tertiary/aromatic N) is 4. The van der Waals surface area contributed by atoms with E-state index in [4.69, 9.17) is 0 Å². The van der Waals surface area contributed by atoms with Crippen LogP contribution in [0.4, 0.5) is 0 Å². The highest BCUT2D eigenvalue weighted by atomic mass is 16.2. The van der Waals surface area contributed by atoms with Gasteiger partial charge in [0.25, 0.3) is 5.56 Å². The van der Waals surface area contributed by atoms with Crippen molar-refractivity contribution in [2.75, 3.05) is 0 Å². The fourth-order valence-corrected chi connectivity index (χ4v) is 1.88. The van der Waals surface area contributed by atoms with Gasteiger partial charge in [-0.3, -0.25) is 9.59 Å². The van der Waals surface area contributed by atoms with Gasteiger partial charge in [-0.25, -0.2) is 9.36 Å². The van der Waals surface area contributed by atoms with E-state index >= 15 is 0 Å². The molecule has 1 N–H and O–H groups in total. The predicted molar refractivity (Wildman–Crippen MR) is 71.5 cm³/mol. The van der Waals surface area contributed by atoms with Crippen molar-refractivity contribution in [3.05, 3.63) is 40.9 Å². The fraction of sp³-hybridized carbons (Fsp3) is 0.385. The van der Waals surface area contributed by atoms with Crippen LogP contribution in [0.1, 0.15) is 25.8 Å². The Morgan fingerprint density at radius 3 is 2.90 bits per heavy atom. The molecule has 0 aromatic carbocycles. The van der Waals surface area contributed by atoms with Crippen LogP contribution >= 0.6 is 0 Å². The summed E-state index contributed by atoms with van der Waals surface area (Å²) in [5, 5.41) is 11.1. The van der Waals surface area contributed by atoms with E-state index in [0.717, 1.165) is 12.8 Å². The Kier molecular flexibility index (Phi) is 3.09. The monoisotopic (exact) mass is 273 g/mol. The van der Waals surface area contributed by atoms with Crippen molar-refractivity contribution in [2.45, 2.75) is 31.8 Å². The second-order valence-corrected chi connectivity index (χ2v) is 4.88. The normalized spacial score (nSPS) is 15.8. The molecule has 2 heterocycles. The summed E-state index contributed by atoms with van der Waals surface area (Å²) in [5.41, 5.74) is -0.306. The summed E-state index contributed by atoms with van der Waals surface area (Å²) >= 11 is 0. The average molecular weight is 273 g/mol. The lowest BCUT2D eigenvalue weighted by molar-refractivity contribution is -0.124. The number of amides is 1. The Morgan fingerprint density at radius 1 is 1.45 bits per heavy atom. The van der Waals surface area contributed by atoms with Gasteiger partial charge in [0.1, 0.15) is 6.04 Å². The van der Waals surface area contributed by atoms with Crippen molar-refractivity contribution in [2.24, 2.45) is 0 Å². The van der Waals surface area contributed by atoms with E-state index in [1.54, 1.807) is 36.1 Å². The van der Waals surface area contributed by atoms with Crippen LogP contribution in [-0.2, 0) is 4.79 Å². The van der Waals surface area contributed by atoms with E-state index < -0.39 is 6.04 Å². The van der Waals surface area contributed by atoms with Crippen LogP contribution in [0.5, 0.6) is 0 Å². The van der Waals surface area contributed by atoms with Gasteiger partial charge in [0.05, 0.1) is 0 Å². The van der Waals surface area contributed by atoms with Crippen LogP contribution in [0.2, 0.25) is 0 Å². The molecule has 1 amide bonds. The Balaban J connectivity index is 1.89. The topological polar surface area (TPSA) is 81.8 Å². The zero-order valence-electron chi connectivity index (χ0n) is 11.1. The van der Waals surface area contributed by atoms with E-state index in [1.165, 1.54) is 10.7 Å². The van der Waals surface area contributed by atoms with Crippen molar-refractivity contribution in [3.63, 3.8) is 0 Å². The molecule has 1 unspecified atom stereocenters. The number of nitrogens with one attached hydrogen (secondary N) is 1. The second kappa shape index (κ2) is 4.92. The average Bonchev–Trinajstić information content (AvgIpc) is 3.08. The van der Waals surface area contributed by atoms with E-state index in [1.807, 2.05) is 0 Å². The van der Waals surface area contributed by atoms with Gasteiger partial charge in [0.2, 0.25) is 5.91 Å². The Hall–Kier alpha value is -2.44. The molecule has 0 saturated heterocycles. The van der Waals surface area contributed by atoms with Gasteiger partial charge in [0.15, 0.2) is 5.82 Å². The van der Waals surface area contributed by atoms with E-state index in [2.05, 4.69) is 15.5 Å². The predicted octanol–water partition coefficient (Wildman–Crippen LogP) is 0.269. The second-order valence-electron chi connectivity index (χ2n) is 4.88. The number of hydrogen-bond donors (Lipinski definition) is 1. The lowest BCUT2D eigenvalue weighted by Gasteiger charge is -2.14. The maximum atomic E-state index is 12.0. The number of hydrogen-bond acceptors (Lipinski definition) is 4. The van der Waals surface area contributed by atoms with Gasteiger partial charge in [-0.1, -0.05) is 0 Å². The van der Waals surface area contributed by atoms with Crippen molar-refractivity contribution >= 4 is 5.91 Å². The summed E-state index contributed by atoms with van der Waals surface area (Å²) in [6, 6.07) is 4.36. The van der Waals surface area contributed by atoms with Crippen molar-refractivity contribution < 1.29 is 4.79 Å². The molecule has 1 fully saturated rings. The molecule has 7 heteroatoms. The summed E-state index contributed by atoms with van der Waals surface area (Å²) < 4.78 is 2.73. The first-order valence-corrected chi connectivity index (χ1v) is 6.55. The van der Waals surface area contributed by atoms with E-state index in [9.17, 15) is 9.59 Å². The van der Waals surface area contributed by atoms with Crippen LogP contribution < -0.4 is 10.9 Å². The highest BCUT2D eigenvalue weighted by Gasteiger charge is 2.27. The molecule has 20 heavy (non-hydrogen) atoms. The van der Waals surface area contributed by atoms with Crippen LogP contribution in [-0.4, -0.2) is 31.5 Å². The third-order valence-corrected chi connectivity index (χ3v) is 3.22. The number of carbonyl (C=O) groups excluding carboxylic acids is 1. The van der Waals surface area contributed by atoms with Gasteiger partial charge >= 0.3 is 0 Å². The maximum Gasteiger partial charge on any atom is 0.267 e. The Labute approximate surface area is 115 Å². The molecule has 1 aliphatic carbocycles. The van der Waals surface area contributed by atoms with Crippen molar-refractivity contribution in [1.29, 1.82) is 0 Å². The highest BCUT2D eigenvalue weighted by Crippen LogP contribution is 2.19. The van der Waals surface area contributed by atoms with E-state index in [0.29, 0.717) is 5.82 Å². The minimum absolute atomic E-state index is 0.181. The number of rotatable bonds is 4. The summed E-state index contributed by atoms with van der Waals surface area (Å²) in [6.07, 6.45) is 5.37. The SMILES string of the molecule is CC(C(=O)NC1CC1)n1nc(-n2cccn2)ccc1=O. The zero-order chi connectivity index (χ0) is 14.1. The molecule has 104 valence electrons. The van der Waals surface area contributed by atoms with Crippen LogP contribution in [0.15, 0.2) is 35.4 Å². The summed E-state index contributed by atoms with van der Waals surface area (Å²) in [7, 11) is 0. The van der Waals surface area contributed by atoms with E-state index in [-0.39, 0.29) is 17.5 Å². The summed E-state index contributed by atoms with van der Waals surface area (Å²) in [5.74, 6) is 0.320. The minimum Gasteiger partial charge on any atom is -0.352 e. The maximum absolute atomic E-state index is 12.0. The zero-order valence-corrected chi connectivity index (χ0v) is 11.1. The van der Waals surface area contributed by atoms with Gasteiger partial charge in [-0.15, -0.1) is 5.10 Å². The molecule has 0 bridgehead atoms. The van der Waals surface area contributed by atoms with Gasteiger partial charge < -0.3 is 5.32 Å². The molecule has 1 saturated carbocycles. The van der Waals surface area contributed by atoms with Gasteiger partial charge in [-0.05, 0) is 31.9 Å². The lowest BCUT2D eigenvalue weighted by atomic mass is 10.3. The van der Waals surface area contributed by atoms with Crippen molar-refractivity contribution in [1.82, 2.24) is 24.9 Å². The fourth-order valence-electron chi connectivity index (χ4n) is 1.88. The quantitative estimate of drug-likeness (QED) is 0.866. The van der Waals surface area contributed by atoms with Crippen LogP contribution in [0.3, 0.4) is 0 Å². The van der Waals surface area contributed by atoms with Gasteiger partial charge in [0, 0.05) is 24.5 Å². The third-order valence-electron chi connectivity index (χ3n) is 3.22. The first kappa shape index (κ1) is 12.6. The smallest absolute Gasteiger partial charge is 0.267 e. The van der Waals surface area contributed by atoms with Gasteiger partial charge in [-0.2, -0.15) is 5.10 Å². The largest absolute Gasteiger partial charge is 0.352 e. The Bertz CT molecular complexity index is 672. The molecular formula is C13H15N5O2. The molecule has 2 aromatic rings.